The minimum Gasteiger partial charge on any atom is -0.351 e. The van der Waals surface area contributed by atoms with Gasteiger partial charge < -0.3 is 10.2 Å². The van der Waals surface area contributed by atoms with Crippen LogP contribution in [0.4, 0.5) is 4.39 Å². The maximum Gasteiger partial charge on any atom is 0.227 e. The lowest BCUT2D eigenvalue weighted by Crippen LogP contribution is -2.43. The number of hydrogen-bond donors (Lipinski definition) is 1. The Balaban J connectivity index is 1.75. The van der Waals surface area contributed by atoms with Crippen molar-refractivity contribution in [2.24, 2.45) is 0 Å². The molecule has 0 bridgehead atoms. The van der Waals surface area contributed by atoms with E-state index in [2.05, 4.69) is 22.3 Å². The molecule has 0 fully saturated rings. The van der Waals surface area contributed by atoms with Gasteiger partial charge in [-0.2, -0.15) is 0 Å². The van der Waals surface area contributed by atoms with E-state index in [4.69, 9.17) is 0 Å². The average Bonchev–Trinajstić information content (AvgIpc) is 2.92. The molecule has 0 aromatic heterocycles. The van der Waals surface area contributed by atoms with Crippen LogP contribution in [0.3, 0.4) is 0 Å². The molecule has 0 saturated heterocycles. The van der Waals surface area contributed by atoms with Crippen molar-refractivity contribution in [3.8, 4) is 0 Å². The maximum atomic E-state index is 13.1. The summed E-state index contributed by atoms with van der Waals surface area (Å²) in [6.07, 6.45) is 0.834. The van der Waals surface area contributed by atoms with Gasteiger partial charge in [0, 0.05) is 0 Å². The van der Waals surface area contributed by atoms with Crippen LogP contribution in [-0.4, -0.2) is 30.9 Å². The molecule has 1 amide bonds. The molecule has 0 spiro atoms. The molecule has 1 N–H and O–H groups in total. The zero-order valence-corrected chi connectivity index (χ0v) is 14.3. The van der Waals surface area contributed by atoms with Crippen molar-refractivity contribution in [2.75, 3.05) is 14.1 Å². The Hall–Kier alpha value is -2.20. The van der Waals surface area contributed by atoms with Crippen molar-refractivity contribution >= 4 is 5.91 Å². The number of carbonyl (C=O) groups is 1. The van der Waals surface area contributed by atoms with Gasteiger partial charge in [-0.1, -0.05) is 36.4 Å². The highest BCUT2D eigenvalue weighted by Crippen LogP contribution is 2.35. The number of nitrogens with zero attached hydrogens (tertiary/aromatic N) is 1. The summed E-state index contributed by atoms with van der Waals surface area (Å²) in [5, 5.41) is 3.20. The highest BCUT2D eigenvalue weighted by Gasteiger charge is 2.35. The molecule has 24 heavy (non-hydrogen) atoms. The van der Waals surface area contributed by atoms with Gasteiger partial charge in [0.25, 0.3) is 0 Å². The fourth-order valence-corrected chi connectivity index (χ4v) is 3.55. The largest absolute Gasteiger partial charge is 0.351 e. The molecule has 4 heteroatoms. The molecule has 0 saturated carbocycles. The first-order valence-corrected chi connectivity index (χ1v) is 8.27. The Kier molecular flexibility index (Phi) is 4.67. The molecule has 0 heterocycles. The van der Waals surface area contributed by atoms with Gasteiger partial charge in [-0.25, -0.2) is 4.39 Å². The van der Waals surface area contributed by atoms with Crippen LogP contribution in [-0.2, 0) is 11.2 Å². The number of likely N-dealkylation sites (N-methyl/N-ethyl adjacent to an activating group) is 1. The van der Waals surface area contributed by atoms with Gasteiger partial charge in [-0.05, 0) is 56.3 Å². The maximum absolute atomic E-state index is 13.1. The zero-order chi connectivity index (χ0) is 17.3. The number of nitrogens with one attached hydrogen (secondary N) is 1. The Morgan fingerprint density at radius 3 is 2.50 bits per heavy atom. The topological polar surface area (TPSA) is 32.3 Å². The second kappa shape index (κ2) is 6.73. The predicted octanol–water partition coefficient (Wildman–Crippen LogP) is 3.27. The minimum absolute atomic E-state index is 0.0220. The Morgan fingerprint density at radius 1 is 1.17 bits per heavy atom. The number of benzene rings is 2. The summed E-state index contributed by atoms with van der Waals surface area (Å²) in [5.41, 5.74) is 3.39. The van der Waals surface area contributed by atoms with E-state index < -0.39 is 0 Å². The summed E-state index contributed by atoms with van der Waals surface area (Å²) >= 11 is 0. The molecule has 126 valence electrons. The molecule has 3 rings (SSSR count). The minimum atomic E-state index is -0.308. The smallest absolute Gasteiger partial charge is 0.227 e. The lowest BCUT2D eigenvalue weighted by molar-refractivity contribution is -0.123. The molecule has 0 unspecified atom stereocenters. The SMILES string of the molecule is C[C@H](C(=O)N[C@H]1Cc2ccccc2[C@@H]1N(C)C)c1ccc(F)cc1. The molecule has 2 aromatic rings. The highest BCUT2D eigenvalue weighted by molar-refractivity contribution is 5.83. The van der Waals surface area contributed by atoms with Crippen LogP contribution in [0.1, 0.15) is 35.6 Å². The van der Waals surface area contributed by atoms with Gasteiger partial charge in [0.15, 0.2) is 0 Å². The summed E-state index contributed by atoms with van der Waals surface area (Å²) in [5.74, 6) is -0.617. The van der Waals surface area contributed by atoms with E-state index in [1.165, 1.54) is 23.3 Å². The predicted molar refractivity (Wildman–Crippen MR) is 93.3 cm³/mol. The van der Waals surface area contributed by atoms with E-state index in [-0.39, 0.29) is 29.7 Å². The third kappa shape index (κ3) is 3.20. The van der Waals surface area contributed by atoms with Crippen molar-refractivity contribution < 1.29 is 9.18 Å². The van der Waals surface area contributed by atoms with Crippen molar-refractivity contribution in [2.45, 2.75) is 31.3 Å². The Bertz CT molecular complexity index is 727. The van der Waals surface area contributed by atoms with Crippen molar-refractivity contribution in [3.63, 3.8) is 0 Å². The molecule has 3 atom stereocenters. The standard InChI is InChI=1S/C20H23FN2O/c1-13(14-8-10-16(21)11-9-14)20(24)22-18-12-15-6-4-5-7-17(15)19(18)23(2)3/h4-11,13,18-19H,12H2,1-3H3,(H,22,24)/t13-,18-,19-/m0/s1. The van der Waals surface area contributed by atoms with E-state index >= 15 is 0 Å². The lowest BCUT2D eigenvalue weighted by atomic mass is 9.99. The zero-order valence-electron chi connectivity index (χ0n) is 14.3. The molecule has 1 aliphatic rings. The first-order valence-electron chi connectivity index (χ1n) is 8.27. The molecule has 0 radical (unpaired) electrons. The number of rotatable bonds is 4. The molecule has 0 aliphatic heterocycles. The monoisotopic (exact) mass is 326 g/mol. The Morgan fingerprint density at radius 2 is 1.83 bits per heavy atom. The summed E-state index contributed by atoms with van der Waals surface area (Å²) in [6.45, 7) is 1.86. The molecular weight excluding hydrogens is 303 g/mol. The van der Waals surface area contributed by atoms with Gasteiger partial charge in [0.1, 0.15) is 5.82 Å². The van der Waals surface area contributed by atoms with Crippen molar-refractivity contribution in [1.29, 1.82) is 0 Å². The summed E-state index contributed by atoms with van der Waals surface area (Å²) in [6, 6.07) is 14.7. The summed E-state index contributed by atoms with van der Waals surface area (Å²) in [7, 11) is 4.07. The highest BCUT2D eigenvalue weighted by atomic mass is 19.1. The van der Waals surface area contributed by atoms with Gasteiger partial charge in [-0.15, -0.1) is 0 Å². The summed E-state index contributed by atoms with van der Waals surface area (Å²) in [4.78, 5) is 14.8. The first-order chi connectivity index (χ1) is 11.5. The Labute approximate surface area is 142 Å². The molecular formula is C20H23FN2O. The quantitative estimate of drug-likeness (QED) is 0.935. The van der Waals surface area contributed by atoms with E-state index in [1.54, 1.807) is 12.1 Å². The summed E-state index contributed by atoms with van der Waals surface area (Å²) < 4.78 is 13.1. The van der Waals surface area contributed by atoms with Crippen LogP contribution in [0.15, 0.2) is 48.5 Å². The van der Waals surface area contributed by atoms with Crippen molar-refractivity contribution in [3.05, 3.63) is 71.0 Å². The molecule has 2 aromatic carbocycles. The van der Waals surface area contributed by atoms with Crippen LogP contribution in [0.2, 0.25) is 0 Å². The third-order valence-electron chi connectivity index (χ3n) is 4.84. The van der Waals surface area contributed by atoms with E-state index in [9.17, 15) is 9.18 Å². The van der Waals surface area contributed by atoms with Crippen LogP contribution in [0, 0.1) is 5.82 Å². The fourth-order valence-electron chi connectivity index (χ4n) is 3.55. The lowest BCUT2D eigenvalue weighted by Gasteiger charge is -2.28. The van der Waals surface area contributed by atoms with Crippen LogP contribution >= 0.6 is 0 Å². The number of hydrogen-bond acceptors (Lipinski definition) is 2. The van der Waals surface area contributed by atoms with Gasteiger partial charge in [0.2, 0.25) is 5.91 Å². The van der Waals surface area contributed by atoms with Crippen LogP contribution in [0.5, 0.6) is 0 Å². The van der Waals surface area contributed by atoms with Gasteiger partial charge >= 0.3 is 0 Å². The average molecular weight is 326 g/mol. The van der Waals surface area contributed by atoms with Gasteiger partial charge in [0.05, 0.1) is 18.0 Å². The van der Waals surface area contributed by atoms with E-state index in [0.29, 0.717) is 0 Å². The van der Waals surface area contributed by atoms with Gasteiger partial charge in [-0.3, -0.25) is 4.79 Å². The normalized spacial score (nSPS) is 20.7. The number of amides is 1. The molecule has 3 nitrogen and oxygen atoms in total. The number of fused-ring (bicyclic) bond motifs is 1. The molecule has 1 aliphatic carbocycles. The second-order valence-corrected chi connectivity index (χ2v) is 6.70. The van der Waals surface area contributed by atoms with Crippen LogP contribution in [0.25, 0.3) is 0 Å². The third-order valence-corrected chi connectivity index (χ3v) is 4.84. The second-order valence-electron chi connectivity index (χ2n) is 6.70. The first kappa shape index (κ1) is 16.7. The van der Waals surface area contributed by atoms with Crippen molar-refractivity contribution in [1.82, 2.24) is 10.2 Å². The van der Waals surface area contributed by atoms with E-state index in [1.807, 2.05) is 33.2 Å². The number of halogens is 1. The fraction of sp³-hybridized carbons (Fsp3) is 0.350. The van der Waals surface area contributed by atoms with Crippen LogP contribution < -0.4 is 5.32 Å². The van der Waals surface area contributed by atoms with E-state index in [0.717, 1.165) is 12.0 Å². The number of carbonyl (C=O) groups excluding carboxylic acids is 1.